The van der Waals surface area contributed by atoms with Crippen molar-refractivity contribution in [1.29, 1.82) is 0 Å². The number of nitrogens with one attached hydrogen (secondary N) is 1. The second-order valence-corrected chi connectivity index (χ2v) is 43.5. The molecule has 0 radical (unpaired) electrons. The van der Waals surface area contributed by atoms with Gasteiger partial charge in [0.15, 0.2) is 11.6 Å². The lowest BCUT2D eigenvalue weighted by molar-refractivity contribution is -0.179. The number of thiophene rings is 5. The van der Waals surface area contributed by atoms with E-state index in [1.54, 1.807) is 11.0 Å². The van der Waals surface area contributed by atoms with Gasteiger partial charge in [-0.25, -0.2) is 24.0 Å². The second-order valence-electron chi connectivity index (χ2n) is 38.2. The normalized spacial score (nSPS) is 21.2. The van der Waals surface area contributed by atoms with Crippen molar-refractivity contribution in [3.05, 3.63) is 206 Å². The number of hydrogen-bond acceptors (Lipinski definition) is 25. The molecular formula is C111H129N5O19S5. The number of Topliss-reactive ketones (excluding diaryl/α,β-unsaturated/α-hetero) is 2. The highest BCUT2D eigenvalue weighted by molar-refractivity contribution is 7.19. The fourth-order valence-electron chi connectivity index (χ4n) is 20.7. The molecule has 7 heterocycles. The van der Waals surface area contributed by atoms with Gasteiger partial charge in [-0.3, -0.25) is 24.0 Å². The molecule has 9 aliphatic rings. The summed E-state index contributed by atoms with van der Waals surface area (Å²) in [5.74, 6) is -0.790. The zero-order chi connectivity index (χ0) is 98.6. The van der Waals surface area contributed by atoms with Gasteiger partial charge < -0.3 is 68.8 Å². The Hall–Kier alpha value is -10.9. The van der Waals surface area contributed by atoms with Crippen molar-refractivity contribution >= 4 is 144 Å². The van der Waals surface area contributed by atoms with E-state index in [1.807, 2.05) is 168 Å². The number of ketones is 2. The van der Waals surface area contributed by atoms with Crippen molar-refractivity contribution in [3.8, 4) is 52.2 Å². The lowest BCUT2D eigenvalue weighted by Gasteiger charge is -2.42. The molecule has 10 aromatic rings. The highest BCUT2D eigenvalue weighted by Gasteiger charge is 2.47. The van der Waals surface area contributed by atoms with Crippen molar-refractivity contribution < 1.29 is 90.9 Å². The molecule has 2 saturated heterocycles. The number of nitrogen functional groups attached to an aromatic ring is 1. The van der Waals surface area contributed by atoms with Crippen LogP contribution >= 0.6 is 56.7 Å². The van der Waals surface area contributed by atoms with E-state index in [2.05, 4.69) is 49.0 Å². The molecule has 5 aromatic carbocycles. The Morgan fingerprint density at radius 1 is 0.343 bits per heavy atom. The first-order chi connectivity index (χ1) is 67.8. The van der Waals surface area contributed by atoms with Crippen molar-refractivity contribution in [2.24, 2.45) is 35.5 Å². The quantitative estimate of drug-likeness (QED) is 0.0444. The predicted octanol–water partition coefficient (Wildman–Crippen LogP) is 24.8. The van der Waals surface area contributed by atoms with Crippen LogP contribution in [-0.4, -0.2) is 155 Å². The summed E-state index contributed by atoms with van der Waals surface area (Å²) in [4.78, 5) is 140. The van der Waals surface area contributed by atoms with Gasteiger partial charge in [0.2, 0.25) is 17.7 Å². The molecule has 0 atom stereocenters. The molecule has 0 bridgehead atoms. The summed E-state index contributed by atoms with van der Waals surface area (Å²) in [6, 6.07) is 59.3. The number of anilines is 5. The Morgan fingerprint density at radius 3 is 0.929 bits per heavy atom. The second kappa shape index (κ2) is 48.7. The van der Waals surface area contributed by atoms with Gasteiger partial charge in [0.1, 0.15) is 36.0 Å². The molecule has 19 rings (SSSR count). The lowest BCUT2D eigenvalue weighted by Crippen LogP contribution is -2.49. The Balaban J connectivity index is 0.000000135. The molecule has 5 aromatic heterocycles. The smallest absolute Gasteiger partial charge is 0.350 e. The van der Waals surface area contributed by atoms with Crippen molar-refractivity contribution in [2.75, 3.05) is 80.6 Å². The molecule has 140 heavy (non-hydrogen) atoms. The summed E-state index contributed by atoms with van der Waals surface area (Å²) in [7, 11) is 5.56. The first-order valence-corrected chi connectivity index (χ1v) is 53.5. The Kier molecular flexibility index (Phi) is 36.0. The number of ether oxygens (including phenoxy) is 8. The molecule has 3 amide bonds. The van der Waals surface area contributed by atoms with Gasteiger partial charge in [0.05, 0.1) is 83.3 Å². The molecule has 24 nitrogen and oxygen atoms in total. The molecule has 742 valence electrons. The van der Waals surface area contributed by atoms with E-state index in [1.165, 1.54) is 85.1 Å². The van der Waals surface area contributed by atoms with Crippen LogP contribution in [0, 0.1) is 35.5 Å². The van der Waals surface area contributed by atoms with E-state index < -0.39 is 23.7 Å². The third kappa shape index (κ3) is 25.6. The number of benzene rings is 5. The van der Waals surface area contributed by atoms with Gasteiger partial charge in [-0.1, -0.05) is 172 Å². The summed E-state index contributed by atoms with van der Waals surface area (Å²) >= 11 is 6.80. The van der Waals surface area contributed by atoms with Crippen LogP contribution < -0.4 is 25.8 Å². The standard InChI is InChI=1S/C28H35NO5S.C26H31NO4S.C25H29NO4S.C20H23NO4S.C12H11NO2S/c1-19-8-10-21(11-9-19)26(30)29(22-12-14-28(15-13-22)33-16-17-34-28)23-18-24(20-6-4-3-5-7-20)35-25(23)27(31)32-2;1-17-8-10-19(11-9-17)25(29)27(20-12-14-21(28)15-13-20)22-16-23(18-6-4-3-5-7-18)32-24(22)26(30)31-2;1-16-7-9-18(10-8-16)24(28)26(19-11-13-20(27)14-12-19)21-15-22(31-23(21)25(29)30)17-5-3-2-4-6-17;1-23-19(22)18-16(13-17(26-18)14-5-3-2-4-6-14)21-15-7-9-20(10-8-15)24-11-12-25-20;1-15-12(14)11-9(13)7-10(16-11)8-5-3-2-4-6-8/h3-7,18-19,21-22H,8-17H2,1-2H3;3-7,16-17,19-20H,8-15H2,1-2H3;2-6,15-16,18-19H,7-14H2,1H3,(H,29,30);2-6,13,15,21H,7-12H2,1H3;2-7H,13H2,1H3. The van der Waals surface area contributed by atoms with E-state index in [0.29, 0.717) is 144 Å². The van der Waals surface area contributed by atoms with Gasteiger partial charge in [0, 0.05) is 118 Å². The summed E-state index contributed by atoms with van der Waals surface area (Å²) < 4.78 is 43.4. The molecule has 0 unspecified atom stereocenters. The van der Waals surface area contributed by atoms with E-state index >= 15 is 0 Å². The summed E-state index contributed by atoms with van der Waals surface area (Å²) in [5, 5.41) is 13.5. The number of carboxylic acid groups (broad SMARTS) is 1. The fourth-order valence-corrected chi connectivity index (χ4v) is 25.9. The fraction of sp³-hybridized carbons (Fsp3) is 0.459. The molecule has 7 aliphatic carbocycles. The maximum absolute atomic E-state index is 14.1. The van der Waals surface area contributed by atoms with Gasteiger partial charge in [-0.2, -0.15) is 0 Å². The van der Waals surface area contributed by atoms with Crippen LogP contribution in [0.25, 0.3) is 52.2 Å². The van der Waals surface area contributed by atoms with Gasteiger partial charge in [-0.15, -0.1) is 56.7 Å². The molecule has 7 saturated carbocycles. The minimum atomic E-state index is -1.01. The van der Waals surface area contributed by atoms with E-state index in [0.717, 1.165) is 186 Å². The maximum atomic E-state index is 14.1. The van der Waals surface area contributed by atoms with Crippen molar-refractivity contribution in [3.63, 3.8) is 0 Å². The molecule has 2 aliphatic heterocycles. The average Bonchev–Trinajstić information content (AvgIpc) is 1.77. The minimum absolute atomic E-state index is 0.00176. The highest BCUT2D eigenvalue weighted by atomic mass is 32.1. The lowest BCUT2D eigenvalue weighted by atomic mass is 9.81. The Labute approximate surface area is 840 Å². The van der Waals surface area contributed by atoms with Crippen LogP contribution in [0.4, 0.5) is 28.4 Å². The van der Waals surface area contributed by atoms with Gasteiger partial charge in [-0.05, 0) is 204 Å². The van der Waals surface area contributed by atoms with E-state index in [4.69, 9.17) is 38.9 Å². The number of nitrogens with two attached hydrogens (primary N) is 1. The number of methoxy groups -OCH3 is 4. The van der Waals surface area contributed by atoms with Crippen LogP contribution in [0.1, 0.15) is 249 Å². The third-order valence-electron chi connectivity index (χ3n) is 28.8. The number of carboxylic acids is 1. The van der Waals surface area contributed by atoms with E-state index in [-0.39, 0.29) is 87.8 Å². The SMILES string of the molecule is CC1CCC(C(=O)N(c2cc(-c3ccccc3)sc2C(=O)O)C2CCC(=O)CC2)CC1.COC(=O)c1sc(-c2ccccc2)cc1N.COC(=O)c1sc(-c2ccccc2)cc1N(C(=O)C1CCC(C)CC1)C1CCC(=O)CC1.COC(=O)c1sc(-c2ccccc2)cc1N(C(=O)C1CCC(C)CC1)C1CCC2(CC1)OCCO2.COC(=O)c1sc(-c2ccccc2)cc1NC1CCC2(CC1)OCCO2. The van der Waals surface area contributed by atoms with Crippen LogP contribution in [0.3, 0.4) is 0 Å². The Morgan fingerprint density at radius 2 is 0.607 bits per heavy atom. The number of amides is 3. The topological polar surface area (TPSA) is 313 Å². The number of aromatic carboxylic acids is 1. The van der Waals surface area contributed by atoms with Crippen molar-refractivity contribution in [2.45, 2.75) is 236 Å². The monoisotopic (exact) mass is 2000 g/mol. The molecular weight excluding hydrogens is 1870 g/mol. The molecule has 9 fully saturated rings. The van der Waals surface area contributed by atoms with Gasteiger partial charge in [0.25, 0.3) is 0 Å². The zero-order valence-corrected chi connectivity index (χ0v) is 85.1. The first kappa shape index (κ1) is 103. The summed E-state index contributed by atoms with van der Waals surface area (Å²) in [5.41, 5.74) is 14.1. The number of hydrogen-bond donors (Lipinski definition) is 3. The first-order valence-electron chi connectivity index (χ1n) is 49.5. The third-order valence-corrected chi connectivity index (χ3v) is 34.6. The summed E-state index contributed by atoms with van der Waals surface area (Å²) in [6.45, 7) is 9.37. The number of nitrogens with zero attached hydrogens (tertiary/aromatic N) is 3. The number of rotatable bonds is 21. The van der Waals surface area contributed by atoms with Crippen molar-refractivity contribution in [1.82, 2.24) is 0 Å². The average molecular weight is 2000 g/mol. The Bertz CT molecular complexity index is 5840. The molecule has 2 spiro atoms. The predicted molar refractivity (Wildman–Crippen MR) is 553 cm³/mol. The van der Waals surface area contributed by atoms with Crippen LogP contribution in [-0.2, 0) is 61.9 Å². The number of carbonyl (C=O) groups is 10. The maximum Gasteiger partial charge on any atom is 0.350 e. The highest BCUT2D eigenvalue weighted by Crippen LogP contribution is 2.50. The summed E-state index contributed by atoms with van der Waals surface area (Å²) in [6.07, 6.45) is 22.7. The van der Waals surface area contributed by atoms with Gasteiger partial charge >= 0.3 is 29.8 Å². The van der Waals surface area contributed by atoms with E-state index in [9.17, 15) is 53.1 Å². The zero-order valence-electron chi connectivity index (χ0n) is 81.0. The van der Waals surface area contributed by atoms with Crippen LogP contribution in [0.5, 0.6) is 0 Å². The number of carbonyl (C=O) groups excluding carboxylic acids is 9. The van der Waals surface area contributed by atoms with Crippen LogP contribution in [0.15, 0.2) is 182 Å². The largest absolute Gasteiger partial charge is 0.477 e. The minimum Gasteiger partial charge on any atom is -0.477 e. The number of esters is 4. The molecule has 4 N–H and O–H groups in total. The molecule has 29 heteroatoms. The van der Waals surface area contributed by atoms with Crippen LogP contribution in [0.2, 0.25) is 0 Å².